The second-order valence-corrected chi connectivity index (χ2v) is 6.85. The monoisotopic (exact) mass is 338 g/mol. The van der Waals surface area contributed by atoms with Crippen molar-refractivity contribution in [2.75, 3.05) is 11.9 Å². The molecule has 3 N–H and O–H groups in total. The first-order chi connectivity index (χ1) is 11.7. The predicted octanol–water partition coefficient (Wildman–Crippen LogP) is 6.03. The second kappa shape index (κ2) is 13.0. The molecule has 140 valence electrons. The van der Waals surface area contributed by atoms with Gasteiger partial charge in [0.05, 0.1) is 0 Å². The maximum Gasteiger partial charge on any atom is 0.218 e. The molecule has 0 aliphatic rings. The van der Waals surface area contributed by atoms with E-state index in [0.29, 0.717) is 12.2 Å². The van der Waals surface area contributed by atoms with Crippen LogP contribution in [0.15, 0.2) is 6.07 Å². The number of aromatic nitrogens is 1. The molecule has 1 heterocycles. The summed E-state index contributed by atoms with van der Waals surface area (Å²) in [5.74, 6) is 0.332. The largest absolute Gasteiger partial charge is 0.494 e. The Morgan fingerprint density at radius 1 is 0.792 bits per heavy atom. The third-order valence-corrected chi connectivity index (χ3v) is 4.63. The van der Waals surface area contributed by atoms with Crippen LogP contribution in [-0.4, -0.2) is 21.3 Å². The molecule has 0 atom stereocenters. The smallest absolute Gasteiger partial charge is 0.218 e. The highest BCUT2D eigenvalue weighted by atomic mass is 16.3. The van der Waals surface area contributed by atoms with Gasteiger partial charge in [0.15, 0.2) is 5.88 Å². The zero-order chi connectivity index (χ0) is 17.6. The summed E-state index contributed by atoms with van der Waals surface area (Å²) in [5, 5.41) is 23.5. The van der Waals surface area contributed by atoms with Crippen molar-refractivity contribution in [1.29, 1.82) is 0 Å². The second-order valence-electron chi connectivity index (χ2n) is 6.85. The summed E-state index contributed by atoms with van der Waals surface area (Å²) in [4.78, 5) is 0. The van der Waals surface area contributed by atoms with Gasteiger partial charge in [-0.15, -0.1) is 0 Å². The lowest BCUT2D eigenvalue weighted by Crippen LogP contribution is -2.02. The van der Waals surface area contributed by atoms with E-state index in [1.807, 2.05) is 0 Å². The van der Waals surface area contributed by atoms with Crippen molar-refractivity contribution in [3.05, 3.63) is 6.07 Å². The van der Waals surface area contributed by atoms with Crippen molar-refractivity contribution >= 4 is 5.69 Å². The van der Waals surface area contributed by atoms with Crippen molar-refractivity contribution in [2.45, 2.75) is 97.4 Å². The molecule has 0 aromatic carbocycles. The number of nitrogens with zero attached hydrogens (tertiary/aromatic N) is 1. The van der Waals surface area contributed by atoms with Gasteiger partial charge in [-0.05, 0) is 12.8 Å². The average Bonchev–Trinajstić information content (AvgIpc) is 2.84. The summed E-state index contributed by atoms with van der Waals surface area (Å²) in [6, 6.07) is 1.64. The maximum atomic E-state index is 10.3. The minimum absolute atomic E-state index is 0.159. The lowest BCUT2D eigenvalue weighted by Gasteiger charge is -2.08. The van der Waals surface area contributed by atoms with Gasteiger partial charge in [-0.3, -0.25) is 4.57 Å². The van der Waals surface area contributed by atoms with Crippen LogP contribution in [0.5, 0.6) is 11.8 Å². The normalized spacial score (nSPS) is 11.1. The van der Waals surface area contributed by atoms with Gasteiger partial charge in [0.2, 0.25) is 5.88 Å². The van der Waals surface area contributed by atoms with Gasteiger partial charge in [-0.1, -0.05) is 78.1 Å². The number of rotatable bonds is 15. The van der Waals surface area contributed by atoms with Crippen molar-refractivity contribution in [3.63, 3.8) is 0 Å². The van der Waals surface area contributed by atoms with E-state index in [-0.39, 0.29) is 11.8 Å². The standard InChI is InChI=1S/C20H38N2O2/c1-3-5-7-9-11-13-15-21-18-17-19(23)22(20(18)24)16-14-12-10-8-6-4-2/h17,21,23-24H,3-16H2,1-2H3. The zero-order valence-electron chi connectivity index (χ0n) is 15.8. The molecule has 0 saturated carbocycles. The zero-order valence-corrected chi connectivity index (χ0v) is 15.8. The fourth-order valence-electron chi connectivity index (χ4n) is 3.05. The van der Waals surface area contributed by atoms with Crippen molar-refractivity contribution in [3.8, 4) is 11.8 Å². The number of hydrogen-bond acceptors (Lipinski definition) is 3. The van der Waals surface area contributed by atoms with Gasteiger partial charge >= 0.3 is 0 Å². The molecule has 4 nitrogen and oxygen atoms in total. The molecule has 0 unspecified atom stereocenters. The van der Waals surface area contributed by atoms with E-state index >= 15 is 0 Å². The van der Waals surface area contributed by atoms with Crippen LogP contribution in [0, 0.1) is 0 Å². The minimum Gasteiger partial charge on any atom is -0.494 e. The lowest BCUT2D eigenvalue weighted by atomic mass is 10.1. The van der Waals surface area contributed by atoms with Crippen LogP contribution in [0.3, 0.4) is 0 Å². The molecule has 0 aliphatic carbocycles. The van der Waals surface area contributed by atoms with Gasteiger partial charge in [0.1, 0.15) is 5.69 Å². The Hall–Kier alpha value is -1.32. The van der Waals surface area contributed by atoms with Gasteiger partial charge in [0.25, 0.3) is 0 Å². The van der Waals surface area contributed by atoms with Gasteiger partial charge in [0, 0.05) is 19.2 Å². The highest BCUT2D eigenvalue weighted by Crippen LogP contribution is 2.32. The molecule has 4 heteroatoms. The van der Waals surface area contributed by atoms with E-state index in [1.165, 1.54) is 57.8 Å². The van der Waals surface area contributed by atoms with Crippen LogP contribution < -0.4 is 5.32 Å². The fraction of sp³-hybridized carbons (Fsp3) is 0.800. The summed E-state index contributed by atoms with van der Waals surface area (Å²) >= 11 is 0. The summed E-state index contributed by atoms with van der Waals surface area (Å²) < 4.78 is 1.61. The van der Waals surface area contributed by atoms with E-state index in [9.17, 15) is 10.2 Å². The third-order valence-electron chi connectivity index (χ3n) is 4.63. The molecule has 0 saturated heterocycles. The summed E-state index contributed by atoms with van der Waals surface area (Å²) in [6.07, 6.45) is 14.7. The molecule has 1 aromatic heterocycles. The summed E-state index contributed by atoms with van der Waals surface area (Å²) in [7, 11) is 0. The van der Waals surface area contributed by atoms with Gasteiger partial charge in [-0.2, -0.15) is 0 Å². The molecule has 24 heavy (non-hydrogen) atoms. The van der Waals surface area contributed by atoms with E-state index in [2.05, 4.69) is 19.2 Å². The molecular formula is C20H38N2O2. The minimum atomic E-state index is 0.159. The van der Waals surface area contributed by atoms with Crippen LogP contribution in [0.4, 0.5) is 5.69 Å². The first-order valence-electron chi connectivity index (χ1n) is 10.1. The van der Waals surface area contributed by atoms with E-state index < -0.39 is 0 Å². The molecular weight excluding hydrogens is 300 g/mol. The highest BCUT2D eigenvalue weighted by molar-refractivity contribution is 5.57. The topological polar surface area (TPSA) is 57.4 Å². The van der Waals surface area contributed by atoms with Crippen molar-refractivity contribution in [2.24, 2.45) is 0 Å². The quantitative estimate of drug-likeness (QED) is 0.342. The fourth-order valence-corrected chi connectivity index (χ4v) is 3.05. The molecule has 0 radical (unpaired) electrons. The average molecular weight is 339 g/mol. The molecule has 0 spiro atoms. The van der Waals surface area contributed by atoms with E-state index in [1.54, 1.807) is 10.6 Å². The van der Waals surface area contributed by atoms with Crippen LogP contribution in [0.25, 0.3) is 0 Å². The Morgan fingerprint density at radius 3 is 1.96 bits per heavy atom. The number of unbranched alkanes of at least 4 members (excludes halogenated alkanes) is 10. The van der Waals surface area contributed by atoms with Crippen LogP contribution in [0.1, 0.15) is 90.9 Å². The highest BCUT2D eigenvalue weighted by Gasteiger charge is 2.12. The Balaban J connectivity index is 2.24. The Labute approximate surface area is 148 Å². The van der Waals surface area contributed by atoms with Crippen molar-refractivity contribution < 1.29 is 10.2 Å². The number of anilines is 1. The molecule has 0 bridgehead atoms. The van der Waals surface area contributed by atoms with Gasteiger partial charge in [-0.25, -0.2) is 0 Å². The number of nitrogens with one attached hydrogen (secondary N) is 1. The SMILES string of the molecule is CCCCCCCCNc1cc(O)n(CCCCCCCC)c1O. The van der Waals surface area contributed by atoms with Gasteiger partial charge < -0.3 is 15.5 Å². The van der Waals surface area contributed by atoms with Crippen LogP contribution in [-0.2, 0) is 6.54 Å². The Bertz CT molecular complexity index is 430. The van der Waals surface area contributed by atoms with Crippen LogP contribution >= 0.6 is 0 Å². The lowest BCUT2D eigenvalue weighted by molar-refractivity contribution is 0.362. The molecule has 1 rings (SSSR count). The summed E-state index contributed by atoms with van der Waals surface area (Å²) in [5.41, 5.74) is 0.659. The third kappa shape index (κ3) is 7.98. The Morgan fingerprint density at radius 2 is 1.33 bits per heavy atom. The van der Waals surface area contributed by atoms with Crippen LogP contribution in [0.2, 0.25) is 0 Å². The Kier molecular flexibility index (Phi) is 11.2. The van der Waals surface area contributed by atoms with Crippen molar-refractivity contribution in [1.82, 2.24) is 4.57 Å². The molecule has 0 aliphatic heterocycles. The number of aromatic hydroxyl groups is 2. The maximum absolute atomic E-state index is 10.3. The number of hydrogen-bond donors (Lipinski definition) is 3. The van der Waals surface area contributed by atoms with E-state index in [0.717, 1.165) is 25.8 Å². The first-order valence-corrected chi connectivity index (χ1v) is 10.1. The molecule has 1 aromatic rings. The predicted molar refractivity (Wildman–Crippen MR) is 103 cm³/mol. The summed E-state index contributed by atoms with van der Waals surface area (Å²) in [6.45, 7) is 5.98. The molecule has 0 fully saturated rings. The first kappa shape index (κ1) is 20.7. The van der Waals surface area contributed by atoms with E-state index in [4.69, 9.17) is 0 Å². The molecule has 0 amide bonds.